The predicted octanol–water partition coefficient (Wildman–Crippen LogP) is 4.79. The van der Waals surface area contributed by atoms with Gasteiger partial charge < -0.3 is 10.1 Å². The van der Waals surface area contributed by atoms with Crippen molar-refractivity contribution in [1.82, 2.24) is 5.32 Å². The minimum Gasteiger partial charge on any atom is -0.496 e. The molecule has 0 bridgehead atoms. The highest BCUT2D eigenvalue weighted by Crippen LogP contribution is 2.25. The summed E-state index contributed by atoms with van der Waals surface area (Å²) in [5, 5.41) is 3.12. The summed E-state index contributed by atoms with van der Waals surface area (Å²) in [7, 11) is 1.64. The minimum absolute atomic E-state index is 0.0281. The average Bonchev–Trinajstić information content (AvgIpc) is 2.67. The summed E-state index contributed by atoms with van der Waals surface area (Å²) in [5.74, 6) is 0.715. The van der Waals surface area contributed by atoms with E-state index in [1.165, 1.54) is 36.0 Å². The van der Waals surface area contributed by atoms with Gasteiger partial charge >= 0.3 is 0 Å². The highest BCUT2D eigenvalue weighted by molar-refractivity contribution is 5.94. The summed E-state index contributed by atoms with van der Waals surface area (Å²) in [6.45, 7) is 5.81. The lowest BCUT2D eigenvalue weighted by Gasteiger charge is -2.20. The number of rotatable bonds is 6. The van der Waals surface area contributed by atoms with Gasteiger partial charge in [-0.2, -0.15) is 0 Å². The zero-order valence-corrected chi connectivity index (χ0v) is 15.7. The van der Waals surface area contributed by atoms with Crippen molar-refractivity contribution in [3.05, 3.63) is 76.9 Å². The second-order valence-corrected chi connectivity index (χ2v) is 6.95. The van der Waals surface area contributed by atoms with E-state index in [1.54, 1.807) is 13.2 Å². The fourth-order valence-electron chi connectivity index (χ4n) is 3.62. The number of methoxy groups -OCH3 is 1. The summed E-state index contributed by atoms with van der Waals surface area (Å²) < 4.78 is 5.36. The van der Waals surface area contributed by atoms with Gasteiger partial charge in [0.1, 0.15) is 5.75 Å². The molecule has 1 atom stereocenters. The first-order chi connectivity index (χ1) is 12.6. The highest BCUT2D eigenvalue weighted by Gasteiger charge is 2.16. The van der Waals surface area contributed by atoms with Crippen LogP contribution in [-0.2, 0) is 19.3 Å². The summed E-state index contributed by atoms with van der Waals surface area (Å²) in [6, 6.07) is 12.1. The van der Waals surface area contributed by atoms with Gasteiger partial charge in [0.25, 0.3) is 5.91 Å². The molecule has 0 saturated carbocycles. The topological polar surface area (TPSA) is 38.3 Å². The van der Waals surface area contributed by atoms with Gasteiger partial charge in [0, 0.05) is 5.56 Å². The molecule has 1 amide bonds. The zero-order chi connectivity index (χ0) is 18.5. The van der Waals surface area contributed by atoms with E-state index in [-0.39, 0.29) is 11.9 Å². The van der Waals surface area contributed by atoms with Crippen LogP contribution in [0, 0.1) is 0 Å². The molecule has 0 aromatic heterocycles. The van der Waals surface area contributed by atoms with Gasteiger partial charge in [-0.15, -0.1) is 6.58 Å². The molecule has 0 spiro atoms. The molecule has 0 radical (unpaired) electrons. The zero-order valence-electron chi connectivity index (χ0n) is 15.7. The largest absolute Gasteiger partial charge is 0.496 e. The number of carbonyl (C=O) groups is 1. The van der Waals surface area contributed by atoms with E-state index in [0.29, 0.717) is 12.0 Å². The molecule has 0 fully saturated rings. The fraction of sp³-hybridized carbons (Fsp3) is 0.348. The number of hydrogen-bond acceptors (Lipinski definition) is 2. The fourth-order valence-corrected chi connectivity index (χ4v) is 3.62. The molecule has 0 heterocycles. The van der Waals surface area contributed by atoms with Crippen molar-refractivity contribution < 1.29 is 9.53 Å². The first-order valence-electron chi connectivity index (χ1n) is 9.32. The second-order valence-electron chi connectivity index (χ2n) is 6.95. The third kappa shape index (κ3) is 3.98. The predicted molar refractivity (Wildman–Crippen MR) is 106 cm³/mol. The molecule has 3 nitrogen and oxygen atoms in total. The second kappa shape index (κ2) is 8.22. The number of benzene rings is 2. The molecule has 3 heteroatoms. The van der Waals surface area contributed by atoms with Crippen LogP contribution in [0.25, 0.3) is 0 Å². The van der Waals surface area contributed by atoms with Crippen LogP contribution in [-0.4, -0.2) is 13.0 Å². The van der Waals surface area contributed by atoms with E-state index in [4.69, 9.17) is 4.74 Å². The summed E-state index contributed by atoms with van der Waals surface area (Å²) in [5.41, 5.74) is 5.68. The molecule has 0 saturated heterocycles. The Morgan fingerprint density at radius 3 is 2.69 bits per heavy atom. The number of hydrogen-bond donors (Lipinski definition) is 1. The minimum atomic E-state index is -0.0665. The van der Waals surface area contributed by atoms with Gasteiger partial charge in [0.15, 0.2) is 0 Å². The Morgan fingerprint density at radius 1 is 1.19 bits per heavy atom. The number of ether oxygens (including phenoxy) is 1. The Balaban J connectivity index is 1.75. The van der Waals surface area contributed by atoms with Crippen LogP contribution in [0.2, 0.25) is 0 Å². The molecule has 1 aliphatic carbocycles. The molecule has 0 aliphatic heterocycles. The monoisotopic (exact) mass is 349 g/mol. The van der Waals surface area contributed by atoms with Crippen LogP contribution < -0.4 is 10.1 Å². The molecule has 0 unspecified atom stereocenters. The van der Waals surface area contributed by atoms with Crippen molar-refractivity contribution in [2.45, 2.75) is 45.1 Å². The smallest absolute Gasteiger partial charge is 0.251 e. The Bertz CT molecular complexity index is 810. The molecule has 2 aromatic rings. The maximum Gasteiger partial charge on any atom is 0.251 e. The third-order valence-electron chi connectivity index (χ3n) is 5.13. The van der Waals surface area contributed by atoms with Crippen LogP contribution >= 0.6 is 0 Å². The van der Waals surface area contributed by atoms with Gasteiger partial charge in [-0.3, -0.25) is 4.79 Å². The Labute approximate surface area is 156 Å². The van der Waals surface area contributed by atoms with E-state index in [0.717, 1.165) is 17.7 Å². The normalized spacial score (nSPS) is 14.2. The maximum absolute atomic E-state index is 12.7. The van der Waals surface area contributed by atoms with Crippen molar-refractivity contribution in [2.24, 2.45) is 0 Å². The molecule has 1 aliphatic rings. The molecule has 3 rings (SSSR count). The van der Waals surface area contributed by atoms with E-state index in [9.17, 15) is 4.79 Å². The quantitative estimate of drug-likeness (QED) is 0.761. The first-order valence-corrected chi connectivity index (χ1v) is 9.32. The Kier molecular flexibility index (Phi) is 5.77. The van der Waals surface area contributed by atoms with Gasteiger partial charge in [-0.1, -0.05) is 24.3 Å². The van der Waals surface area contributed by atoms with E-state index < -0.39 is 0 Å². The van der Waals surface area contributed by atoms with E-state index >= 15 is 0 Å². The van der Waals surface area contributed by atoms with E-state index in [2.05, 4.69) is 30.1 Å². The standard InChI is InChI=1S/C23H27NO2/c1-4-7-20-15-21(12-13-22(20)26-3)23(25)24-16(2)18-11-10-17-8-5-6-9-19(17)14-18/h4,10-16H,1,5-9H2,2-3H3,(H,24,25)/t16-/m0/s1. The van der Waals surface area contributed by atoms with Crippen molar-refractivity contribution in [3.63, 3.8) is 0 Å². The lowest BCUT2D eigenvalue weighted by molar-refractivity contribution is 0.0939. The van der Waals surface area contributed by atoms with Gasteiger partial charge in [-0.25, -0.2) is 0 Å². The number of allylic oxidation sites excluding steroid dienone is 1. The first kappa shape index (κ1) is 18.2. The van der Waals surface area contributed by atoms with E-state index in [1.807, 2.05) is 25.1 Å². The van der Waals surface area contributed by atoms with Crippen LogP contribution in [0.4, 0.5) is 0 Å². The number of nitrogens with one attached hydrogen (secondary N) is 1. The van der Waals surface area contributed by atoms with Crippen molar-refractivity contribution in [3.8, 4) is 5.75 Å². The maximum atomic E-state index is 12.7. The summed E-state index contributed by atoms with van der Waals surface area (Å²) >= 11 is 0. The average molecular weight is 349 g/mol. The number of carbonyl (C=O) groups excluding carboxylic acids is 1. The summed E-state index contributed by atoms with van der Waals surface area (Å²) in [4.78, 5) is 12.7. The van der Waals surface area contributed by atoms with Crippen molar-refractivity contribution >= 4 is 5.91 Å². The molecular weight excluding hydrogens is 322 g/mol. The lowest BCUT2D eigenvalue weighted by atomic mass is 9.89. The van der Waals surface area contributed by atoms with Crippen LogP contribution in [0.3, 0.4) is 0 Å². The molecule has 2 aromatic carbocycles. The van der Waals surface area contributed by atoms with Gasteiger partial charge in [0.05, 0.1) is 13.2 Å². The van der Waals surface area contributed by atoms with Crippen LogP contribution in [0.1, 0.15) is 58.4 Å². The molecule has 26 heavy (non-hydrogen) atoms. The van der Waals surface area contributed by atoms with Gasteiger partial charge in [-0.05, 0) is 79.5 Å². The molecule has 136 valence electrons. The van der Waals surface area contributed by atoms with Crippen molar-refractivity contribution in [2.75, 3.05) is 7.11 Å². The number of amides is 1. The molecular formula is C23H27NO2. The van der Waals surface area contributed by atoms with Crippen LogP contribution in [0.5, 0.6) is 5.75 Å². The lowest BCUT2D eigenvalue weighted by Crippen LogP contribution is -2.27. The Morgan fingerprint density at radius 2 is 1.96 bits per heavy atom. The van der Waals surface area contributed by atoms with Crippen molar-refractivity contribution in [1.29, 1.82) is 0 Å². The number of aryl methyl sites for hydroxylation is 2. The SMILES string of the molecule is C=CCc1cc(C(=O)N[C@@H](C)c2ccc3c(c2)CCCC3)ccc1OC. The highest BCUT2D eigenvalue weighted by atomic mass is 16.5. The Hall–Kier alpha value is -2.55. The third-order valence-corrected chi connectivity index (χ3v) is 5.13. The number of fused-ring (bicyclic) bond motifs is 1. The molecule has 1 N–H and O–H groups in total. The summed E-state index contributed by atoms with van der Waals surface area (Å²) in [6.07, 6.45) is 7.35. The van der Waals surface area contributed by atoms with Gasteiger partial charge in [0.2, 0.25) is 0 Å². The van der Waals surface area contributed by atoms with Crippen LogP contribution in [0.15, 0.2) is 49.1 Å².